The molecule has 0 atom stereocenters. The minimum atomic E-state index is -4.64. The standard InChI is InChI=1S/C22H20F4N4O4/c1-34-11-5-10-27-19(31)18-20(32)29(13-14-6-4-7-15(12-14)22(24,25)26)21(33)30(28-18)17-9-3-2-8-16(17)23/h2-4,6-9,12H,5,10-11,13H2,1H3,(H,27,31). The zero-order valence-electron chi connectivity index (χ0n) is 17.9. The molecule has 0 saturated carbocycles. The third kappa shape index (κ3) is 5.57. The highest BCUT2D eigenvalue weighted by Gasteiger charge is 2.30. The van der Waals surface area contributed by atoms with Gasteiger partial charge in [-0.25, -0.2) is 9.18 Å². The first-order valence-electron chi connectivity index (χ1n) is 10.1. The summed E-state index contributed by atoms with van der Waals surface area (Å²) in [6.07, 6.45) is -4.21. The fourth-order valence-corrected chi connectivity index (χ4v) is 3.11. The normalized spacial score (nSPS) is 11.4. The molecule has 0 aliphatic rings. The third-order valence-electron chi connectivity index (χ3n) is 4.76. The van der Waals surface area contributed by atoms with E-state index in [2.05, 4.69) is 10.4 Å². The number of para-hydroxylation sites is 1. The Hall–Kier alpha value is -3.80. The van der Waals surface area contributed by atoms with Gasteiger partial charge in [0.15, 0.2) is 0 Å². The molecule has 12 heteroatoms. The van der Waals surface area contributed by atoms with Gasteiger partial charge in [0.1, 0.15) is 11.5 Å². The minimum Gasteiger partial charge on any atom is -0.385 e. The van der Waals surface area contributed by atoms with Gasteiger partial charge in [-0.1, -0.05) is 24.3 Å². The van der Waals surface area contributed by atoms with Crippen LogP contribution in [0.3, 0.4) is 0 Å². The van der Waals surface area contributed by atoms with Crippen LogP contribution in [-0.4, -0.2) is 40.5 Å². The van der Waals surface area contributed by atoms with E-state index < -0.39 is 47.0 Å². The number of amides is 1. The minimum absolute atomic E-state index is 0.0215. The molecule has 180 valence electrons. The van der Waals surface area contributed by atoms with Gasteiger partial charge in [0.2, 0.25) is 5.69 Å². The van der Waals surface area contributed by atoms with Crippen molar-refractivity contribution in [3.63, 3.8) is 0 Å². The van der Waals surface area contributed by atoms with Crippen LogP contribution in [0.2, 0.25) is 0 Å². The van der Waals surface area contributed by atoms with Gasteiger partial charge < -0.3 is 10.1 Å². The molecule has 1 heterocycles. The van der Waals surface area contributed by atoms with E-state index in [-0.39, 0.29) is 17.8 Å². The summed E-state index contributed by atoms with van der Waals surface area (Å²) in [5.41, 5.74) is -4.29. The Kier molecular flexibility index (Phi) is 7.61. The van der Waals surface area contributed by atoms with E-state index in [4.69, 9.17) is 4.74 Å². The molecular weight excluding hydrogens is 460 g/mol. The van der Waals surface area contributed by atoms with Crippen LogP contribution in [0.4, 0.5) is 17.6 Å². The molecule has 1 N–H and O–H groups in total. The maximum atomic E-state index is 14.4. The number of nitrogens with one attached hydrogen (secondary N) is 1. The lowest BCUT2D eigenvalue weighted by atomic mass is 10.1. The fourth-order valence-electron chi connectivity index (χ4n) is 3.11. The molecule has 0 saturated heterocycles. The molecule has 3 aromatic rings. The number of hydrogen-bond donors (Lipinski definition) is 1. The second-order valence-electron chi connectivity index (χ2n) is 7.19. The summed E-state index contributed by atoms with van der Waals surface area (Å²) < 4.78 is 59.6. The van der Waals surface area contributed by atoms with Gasteiger partial charge in [0.05, 0.1) is 12.1 Å². The van der Waals surface area contributed by atoms with E-state index in [1.54, 1.807) is 0 Å². The monoisotopic (exact) mass is 480 g/mol. The maximum absolute atomic E-state index is 14.4. The number of carbonyl (C=O) groups excluding carboxylic acids is 1. The van der Waals surface area contributed by atoms with Crippen LogP contribution in [0.5, 0.6) is 0 Å². The summed E-state index contributed by atoms with van der Waals surface area (Å²) in [5.74, 6) is -1.78. The topological polar surface area (TPSA) is 95.2 Å². The van der Waals surface area contributed by atoms with Gasteiger partial charge in [-0.15, -0.1) is 0 Å². The van der Waals surface area contributed by atoms with Crippen LogP contribution in [0.1, 0.15) is 28.0 Å². The van der Waals surface area contributed by atoms with Crippen LogP contribution in [0, 0.1) is 5.82 Å². The fraction of sp³-hybridized carbons (Fsp3) is 0.273. The zero-order chi connectivity index (χ0) is 24.9. The second kappa shape index (κ2) is 10.4. The molecule has 0 spiro atoms. The molecule has 0 aliphatic heterocycles. The first-order valence-corrected chi connectivity index (χ1v) is 10.1. The highest BCUT2D eigenvalue weighted by molar-refractivity contribution is 5.91. The van der Waals surface area contributed by atoms with Crippen LogP contribution in [-0.2, 0) is 17.5 Å². The number of nitrogens with zero attached hydrogens (tertiary/aromatic N) is 3. The lowest BCUT2D eigenvalue weighted by molar-refractivity contribution is -0.137. The summed E-state index contributed by atoms with van der Waals surface area (Å²) >= 11 is 0. The maximum Gasteiger partial charge on any atom is 0.416 e. The highest BCUT2D eigenvalue weighted by Crippen LogP contribution is 2.29. The number of hydrogen-bond acceptors (Lipinski definition) is 5. The number of benzene rings is 2. The summed E-state index contributed by atoms with van der Waals surface area (Å²) in [6.45, 7) is -0.134. The number of alkyl halides is 3. The Morgan fingerprint density at radius 2 is 1.85 bits per heavy atom. The molecule has 1 amide bonds. The molecule has 34 heavy (non-hydrogen) atoms. The van der Waals surface area contributed by atoms with Gasteiger partial charge in [0, 0.05) is 20.3 Å². The van der Waals surface area contributed by atoms with Crippen molar-refractivity contribution in [2.45, 2.75) is 19.1 Å². The number of halogens is 4. The summed E-state index contributed by atoms with van der Waals surface area (Å²) in [6, 6.07) is 9.09. The van der Waals surface area contributed by atoms with Crippen LogP contribution >= 0.6 is 0 Å². The summed E-state index contributed by atoms with van der Waals surface area (Å²) in [4.78, 5) is 38.6. The van der Waals surface area contributed by atoms with E-state index in [0.29, 0.717) is 22.3 Å². The van der Waals surface area contributed by atoms with E-state index in [9.17, 15) is 31.9 Å². The van der Waals surface area contributed by atoms with Crippen molar-refractivity contribution in [2.75, 3.05) is 20.3 Å². The van der Waals surface area contributed by atoms with Gasteiger partial charge >= 0.3 is 11.9 Å². The van der Waals surface area contributed by atoms with Gasteiger partial charge in [-0.3, -0.25) is 14.2 Å². The lowest BCUT2D eigenvalue weighted by Crippen LogP contribution is -2.46. The SMILES string of the molecule is COCCCNC(=O)c1nn(-c2ccccc2F)c(=O)n(Cc2cccc(C(F)(F)F)c2)c1=O. The summed E-state index contributed by atoms with van der Waals surface area (Å²) in [5, 5.41) is 6.22. The first-order chi connectivity index (χ1) is 16.1. The van der Waals surface area contributed by atoms with Crippen molar-refractivity contribution in [2.24, 2.45) is 0 Å². The molecule has 0 unspecified atom stereocenters. The van der Waals surface area contributed by atoms with Crippen LogP contribution in [0.25, 0.3) is 5.69 Å². The predicted molar refractivity (Wildman–Crippen MR) is 113 cm³/mol. The Bertz CT molecular complexity index is 1300. The highest BCUT2D eigenvalue weighted by atomic mass is 19.4. The quantitative estimate of drug-likeness (QED) is 0.395. The Morgan fingerprint density at radius 1 is 1.12 bits per heavy atom. The molecule has 8 nitrogen and oxygen atoms in total. The summed E-state index contributed by atoms with van der Waals surface area (Å²) in [7, 11) is 1.47. The van der Waals surface area contributed by atoms with E-state index in [1.165, 1.54) is 31.4 Å². The van der Waals surface area contributed by atoms with Crippen LogP contribution in [0.15, 0.2) is 58.1 Å². The van der Waals surface area contributed by atoms with Crippen molar-refractivity contribution in [1.29, 1.82) is 0 Å². The molecule has 3 rings (SSSR count). The Morgan fingerprint density at radius 3 is 2.53 bits per heavy atom. The van der Waals surface area contributed by atoms with Crippen molar-refractivity contribution >= 4 is 5.91 Å². The molecule has 0 radical (unpaired) electrons. The van der Waals surface area contributed by atoms with Crippen molar-refractivity contribution in [3.05, 3.63) is 92.0 Å². The van der Waals surface area contributed by atoms with E-state index in [1.807, 2.05) is 0 Å². The second-order valence-corrected chi connectivity index (χ2v) is 7.19. The van der Waals surface area contributed by atoms with Gasteiger partial charge in [-0.2, -0.15) is 23.0 Å². The van der Waals surface area contributed by atoms with Gasteiger partial charge in [0.25, 0.3) is 11.5 Å². The molecule has 2 aromatic carbocycles. The van der Waals surface area contributed by atoms with Crippen LogP contribution < -0.4 is 16.6 Å². The number of aromatic nitrogens is 3. The molecule has 1 aromatic heterocycles. The average Bonchev–Trinajstić information content (AvgIpc) is 2.80. The number of rotatable bonds is 8. The third-order valence-corrected chi connectivity index (χ3v) is 4.76. The van der Waals surface area contributed by atoms with E-state index in [0.717, 1.165) is 24.3 Å². The van der Waals surface area contributed by atoms with Crippen molar-refractivity contribution in [1.82, 2.24) is 19.7 Å². The number of ether oxygens (including phenoxy) is 1. The zero-order valence-corrected chi connectivity index (χ0v) is 17.9. The predicted octanol–water partition coefficient (Wildman–Crippen LogP) is 2.37. The average molecular weight is 480 g/mol. The first kappa shape index (κ1) is 24.8. The molecule has 0 fully saturated rings. The van der Waals surface area contributed by atoms with E-state index >= 15 is 0 Å². The molecule has 0 bridgehead atoms. The smallest absolute Gasteiger partial charge is 0.385 e. The number of methoxy groups -OCH3 is 1. The Balaban J connectivity index is 2.12. The van der Waals surface area contributed by atoms with Crippen molar-refractivity contribution < 1.29 is 27.1 Å². The number of carbonyl (C=O) groups is 1. The van der Waals surface area contributed by atoms with Crippen molar-refractivity contribution in [3.8, 4) is 5.69 Å². The van der Waals surface area contributed by atoms with Gasteiger partial charge in [-0.05, 0) is 36.2 Å². The molecule has 0 aliphatic carbocycles. The largest absolute Gasteiger partial charge is 0.416 e. The lowest BCUT2D eigenvalue weighted by Gasteiger charge is -2.13. The Labute approximate surface area is 190 Å². The molecular formula is C22H20F4N4O4.